The van der Waals surface area contributed by atoms with Crippen LogP contribution in [0, 0.1) is 0 Å². The summed E-state index contributed by atoms with van der Waals surface area (Å²) in [6, 6.07) is 7.73. The predicted molar refractivity (Wildman–Crippen MR) is 95.5 cm³/mol. The van der Waals surface area contributed by atoms with Gasteiger partial charge in [0.05, 0.1) is 13.2 Å². The van der Waals surface area contributed by atoms with Gasteiger partial charge in [0.25, 0.3) is 0 Å². The standard InChI is InChI=1S/C18H24ClN3O3/c19-14-5-3-4-13(10-14)18(6-1-2-7-18)12-21-17(24)22-8-9-25-15(11-22)16(20)23/h3-5,10,15H,1-2,6-9,11-12H2,(H2,20,23)(H,21,24). The van der Waals surface area contributed by atoms with Crippen LogP contribution < -0.4 is 11.1 Å². The van der Waals surface area contributed by atoms with Gasteiger partial charge < -0.3 is 20.7 Å². The topological polar surface area (TPSA) is 84.7 Å². The van der Waals surface area contributed by atoms with Crippen molar-refractivity contribution >= 4 is 23.5 Å². The van der Waals surface area contributed by atoms with E-state index in [1.165, 1.54) is 5.56 Å². The quantitative estimate of drug-likeness (QED) is 0.856. The fraction of sp³-hybridized carbons (Fsp3) is 0.556. The summed E-state index contributed by atoms with van der Waals surface area (Å²) in [6.45, 7) is 1.54. The third-order valence-electron chi connectivity index (χ3n) is 5.25. The highest BCUT2D eigenvalue weighted by Gasteiger charge is 2.37. The third-order valence-corrected chi connectivity index (χ3v) is 5.48. The molecule has 0 bridgehead atoms. The maximum atomic E-state index is 12.5. The van der Waals surface area contributed by atoms with Crippen molar-refractivity contribution in [3.63, 3.8) is 0 Å². The Bertz CT molecular complexity index is 646. The van der Waals surface area contributed by atoms with Crippen molar-refractivity contribution in [3.8, 4) is 0 Å². The Hall–Kier alpha value is -1.79. The zero-order valence-corrected chi connectivity index (χ0v) is 14.9. The molecular weight excluding hydrogens is 342 g/mol. The highest BCUT2D eigenvalue weighted by atomic mass is 35.5. The molecule has 136 valence electrons. The second kappa shape index (κ2) is 7.62. The van der Waals surface area contributed by atoms with Crippen LogP contribution in [0.3, 0.4) is 0 Å². The summed E-state index contributed by atoms with van der Waals surface area (Å²) in [7, 11) is 0. The average Bonchev–Trinajstić information content (AvgIpc) is 3.10. The number of urea groups is 1. The number of hydrogen-bond acceptors (Lipinski definition) is 3. The molecule has 3 rings (SSSR count). The van der Waals surface area contributed by atoms with Crippen molar-refractivity contribution < 1.29 is 14.3 Å². The average molecular weight is 366 g/mol. The minimum atomic E-state index is -0.729. The number of ether oxygens (including phenoxy) is 1. The van der Waals surface area contributed by atoms with E-state index in [-0.39, 0.29) is 18.0 Å². The summed E-state index contributed by atoms with van der Waals surface area (Å²) in [5.41, 5.74) is 6.38. The van der Waals surface area contributed by atoms with E-state index in [1.807, 2.05) is 18.2 Å². The number of nitrogens with one attached hydrogen (secondary N) is 1. The molecule has 0 aromatic heterocycles. The molecular formula is C18H24ClN3O3. The van der Waals surface area contributed by atoms with E-state index in [9.17, 15) is 9.59 Å². The number of benzene rings is 1. The Balaban J connectivity index is 1.66. The lowest BCUT2D eigenvalue weighted by atomic mass is 9.79. The Labute approximate surface area is 152 Å². The van der Waals surface area contributed by atoms with Gasteiger partial charge >= 0.3 is 6.03 Å². The normalized spacial score (nSPS) is 22.6. The summed E-state index contributed by atoms with van der Waals surface area (Å²) in [5.74, 6) is -0.538. The van der Waals surface area contributed by atoms with Gasteiger partial charge in [0.1, 0.15) is 0 Å². The molecule has 3 N–H and O–H groups in total. The predicted octanol–water partition coefficient (Wildman–Crippen LogP) is 2.05. The van der Waals surface area contributed by atoms with Gasteiger partial charge in [-0.1, -0.05) is 36.6 Å². The molecule has 3 amide bonds. The molecule has 1 saturated carbocycles. The molecule has 0 spiro atoms. The summed E-state index contributed by atoms with van der Waals surface area (Å²) in [6.07, 6.45) is 3.61. The van der Waals surface area contributed by atoms with Crippen LogP contribution in [-0.4, -0.2) is 49.2 Å². The van der Waals surface area contributed by atoms with Gasteiger partial charge in [0.2, 0.25) is 5.91 Å². The van der Waals surface area contributed by atoms with Crippen LogP contribution in [0.5, 0.6) is 0 Å². The number of primary amides is 1. The van der Waals surface area contributed by atoms with Crippen molar-refractivity contribution in [2.45, 2.75) is 37.2 Å². The molecule has 0 radical (unpaired) electrons. The van der Waals surface area contributed by atoms with E-state index in [2.05, 4.69) is 11.4 Å². The van der Waals surface area contributed by atoms with Crippen LogP contribution in [0.25, 0.3) is 0 Å². The number of amides is 3. The Morgan fingerprint density at radius 3 is 2.80 bits per heavy atom. The fourth-order valence-electron chi connectivity index (χ4n) is 3.80. The molecule has 1 aromatic carbocycles. The molecule has 25 heavy (non-hydrogen) atoms. The molecule has 6 nitrogen and oxygen atoms in total. The molecule has 1 heterocycles. The summed E-state index contributed by atoms with van der Waals surface area (Å²) in [5, 5.41) is 3.76. The first-order chi connectivity index (χ1) is 12.0. The zero-order chi connectivity index (χ0) is 17.9. The molecule has 1 saturated heterocycles. The molecule has 1 atom stereocenters. The number of nitrogens with zero attached hydrogens (tertiary/aromatic N) is 1. The summed E-state index contributed by atoms with van der Waals surface area (Å²) < 4.78 is 5.29. The molecule has 2 fully saturated rings. The van der Waals surface area contributed by atoms with Crippen molar-refractivity contribution in [2.24, 2.45) is 5.73 Å². The van der Waals surface area contributed by atoms with E-state index in [4.69, 9.17) is 22.1 Å². The monoisotopic (exact) mass is 365 g/mol. The SMILES string of the molecule is NC(=O)C1CN(C(=O)NCC2(c3cccc(Cl)c3)CCCC2)CCO1. The lowest BCUT2D eigenvalue weighted by molar-refractivity contribution is -0.133. The van der Waals surface area contributed by atoms with Gasteiger partial charge in [-0.15, -0.1) is 0 Å². The van der Waals surface area contributed by atoms with Crippen LogP contribution in [0.1, 0.15) is 31.2 Å². The fourth-order valence-corrected chi connectivity index (χ4v) is 3.99. The van der Waals surface area contributed by atoms with Crippen molar-refractivity contribution in [1.29, 1.82) is 0 Å². The minimum Gasteiger partial charge on any atom is -0.367 e. The van der Waals surface area contributed by atoms with Gasteiger partial charge in [-0.05, 0) is 30.5 Å². The number of rotatable bonds is 4. The lowest BCUT2D eigenvalue weighted by Gasteiger charge is -2.34. The minimum absolute atomic E-state index is 0.0735. The van der Waals surface area contributed by atoms with Crippen LogP contribution in [0.4, 0.5) is 4.79 Å². The highest BCUT2D eigenvalue weighted by molar-refractivity contribution is 6.30. The number of halogens is 1. The third kappa shape index (κ3) is 4.07. The molecule has 1 unspecified atom stereocenters. The van der Waals surface area contributed by atoms with Gasteiger partial charge in [0, 0.05) is 23.5 Å². The largest absolute Gasteiger partial charge is 0.367 e. The Morgan fingerprint density at radius 2 is 2.12 bits per heavy atom. The van der Waals surface area contributed by atoms with Gasteiger partial charge in [0.15, 0.2) is 6.10 Å². The summed E-state index contributed by atoms with van der Waals surface area (Å²) in [4.78, 5) is 25.4. The number of carbonyl (C=O) groups excluding carboxylic acids is 2. The highest BCUT2D eigenvalue weighted by Crippen LogP contribution is 2.41. The maximum Gasteiger partial charge on any atom is 0.317 e. The number of hydrogen-bond donors (Lipinski definition) is 2. The summed E-state index contributed by atoms with van der Waals surface area (Å²) >= 11 is 6.16. The molecule has 2 aliphatic rings. The first-order valence-electron chi connectivity index (χ1n) is 8.70. The second-order valence-electron chi connectivity index (χ2n) is 6.86. The lowest BCUT2D eigenvalue weighted by Crippen LogP contribution is -2.54. The molecule has 1 aliphatic heterocycles. The van der Waals surface area contributed by atoms with Gasteiger partial charge in [-0.3, -0.25) is 4.79 Å². The van der Waals surface area contributed by atoms with Gasteiger partial charge in [-0.25, -0.2) is 4.79 Å². The van der Waals surface area contributed by atoms with Crippen LogP contribution in [0.2, 0.25) is 5.02 Å². The van der Waals surface area contributed by atoms with E-state index in [1.54, 1.807) is 4.90 Å². The first kappa shape index (κ1) is 18.0. The molecule has 1 aromatic rings. The first-order valence-corrected chi connectivity index (χ1v) is 9.08. The molecule has 7 heteroatoms. The van der Waals surface area contributed by atoms with Crippen molar-refractivity contribution in [3.05, 3.63) is 34.9 Å². The van der Waals surface area contributed by atoms with Gasteiger partial charge in [-0.2, -0.15) is 0 Å². The Morgan fingerprint density at radius 1 is 1.36 bits per heavy atom. The van der Waals surface area contributed by atoms with E-state index < -0.39 is 12.0 Å². The number of morpholine rings is 1. The van der Waals surface area contributed by atoms with Crippen LogP contribution >= 0.6 is 11.6 Å². The number of nitrogens with two attached hydrogens (primary N) is 1. The smallest absolute Gasteiger partial charge is 0.317 e. The van der Waals surface area contributed by atoms with Crippen molar-refractivity contribution in [2.75, 3.05) is 26.2 Å². The van der Waals surface area contributed by atoms with E-state index >= 15 is 0 Å². The Kier molecular flexibility index (Phi) is 5.49. The van der Waals surface area contributed by atoms with E-state index in [0.29, 0.717) is 24.7 Å². The zero-order valence-electron chi connectivity index (χ0n) is 14.2. The van der Waals surface area contributed by atoms with E-state index in [0.717, 1.165) is 25.7 Å². The maximum absolute atomic E-state index is 12.5. The number of carbonyl (C=O) groups is 2. The second-order valence-corrected chi connectivity index (χ2v) is 7.30. The van der Waals surface area contributed by atoms with Crippen LogP contribution in [0.15, 0.2) is 24.3 Å². The van der Waals surface area contributed by atoms with Crippen LogP contribution in [-0.2, 0) is 14.9 Å². The molecule has 1 aliphatic carbocycles. The van der Waals surface area contributed by atoms with Crippen molar-refractivity contribution in [1.82, 2.24) is 10.2 Å².